The maximum absolute atomic E-state index is 5.66. The first-order valence-corrected chi connectivity index (χ1v) is 7.97. The van der Waals surface area contributed by atoms with Crippen LogP contribution in [0.4, 0.5) is 0 Å². The Morgan fingerprint density at radius 2 is 2.16 bits per heavy atom. The second-order valence-corrected chi connectivity index (χ2v) is 6.43. The highest BCUT2D eigenvalue weighted by Crippen LogP contribution is 2.41. The van der Waals surface area contributed by atoms with E-state index in [-0.39, 0.29) is 0 Å². The monoisotopic (exact) mass is 260 g/mol. The first-order valence-electron chi connectivity index (χ1n) is 7.97. The molecule has 104 valence electrons. The van der Waals surface area contributed by atoms with Gasteiger partial charge in [-0.15, -0.1) is 0 Å². The number of furan rings is 1. The predicted octanol–water partition coefficient (Wildman–Crippen LogP) is 2.87. The highest BCUT2D eigenvalue weighted by atomic mass is 16.3. The summed E-state index contributed by atoms with van der Waals surface area (Å²) in [7, 11) is 0. The van der Waals surface area contributed by atoms with Crippen LogP contribution in [0.1, 0.15) is 55.9 Å². The van der Waals surface area contributed by atoms with Crippen molar-refractivity contribution in [3.05, 3.63) is 23.7 Å². The van der Waals surface area contributed by atoms with Crippen LogP contribution in [0.2, 0.25) is 0 Å². The molecule has 0 amide bonds. The van der Waals surface area contributed by atoms with Crippen molar-refractivity contribution in [3.8, 4) is 0 Å². The van der Waals surface area contributed by atoms with E-state index in [0.717, 1.165) is 18.5 Å². The average Bonchev–Trinajstić information content (AvgIpc) is 2.95. The molecule has 1 N–H and O–H groups in total. The van der Waals surface area contributed by atoms with Crippen molar-refractivity contribution in [1.29, 1.82) is 0 Å². The van der Waals surface area contributed by atoms with Crippen molar-refractivity contribution >= 4 is 0 Å². The largest absolute Gasteiger partial charge is 0.469 e. The minimum atomic E-state index is 0.623. The summed E-state index contributed by atoms with van der Waals surface area (Å²) in [5.74, 6) is 1.25. The van der Waals surface area contributed by atoms with Gasteiger partial charge in [0.2, 0.25) is 0 Å². The lowest BCUT2D eigenvalue weighted by molar-refractivity contribution is 0.151. The van der Waals surface area contributed by atoms with Crippen LogP contribution < -0.4 is 5.32 Å². The van der Waals surface area contributed by atoms with Gasteiger partial charge in [-0.2, -0.15) is 0 Å². The summed E-state index contributed by atoms with van der Waals surface area (Å²) in [6.45, 7) is 2.45. The van der Waals surface area contributed by atoms with Crippen LogP contribution in [0.25, 0.3) is 0 Å². The molecule has 2 atom stereocenters. The van der Waals surface area contributed by atoms with Crippen LogP contribution in [0, 0.1) is 0 Å². The Labute approximate surface area is 115 Å². The zero-order valence-electron chi connectivity index (χ0n) is 11.6. The first kappa shape index (κ1) is 12.0. The summed E-state index contributed by atoms with van der Waals surface area (Å²) in [6.07, 6.45) is 11.1. The summed E-state index contributed by atoms with van der Waals surface area (Å²) in [6, 6.07) is 4.40. The Bertz CT molecular complexity index is 432. The molecular formula is C16H24N2O. The SMILES string of the molecule is c1cc2c(o1)CCCC2N(CC1CCCN1)C1CC1. The molecule has 2 fully saturated rings. The van der Waals surface area contributed by atoms with Crippen LogP contribution in [-0.4, -0.2) is 30.1 Å². The molecule has 3 aliphatic rings. The summed E-state index contributed by atoms with van der Waals surface area (Å²) < 4.78 is 5.66. The Morgan fingerprint density at radius 1 is 1.21 bits per heavy atom. The zero-order valence-corrected chi connectivity index (χ0v) is 11.6. The molecule has 2 unspecified atom stereocenters. The molecule has 3 nitrogen and oxygen atoms in total. The second kappa shape index (κ2) is 4.95. The van der Waals surface area contributed by atoms with E-state index in [1.165, 1.54) is 62.9 Å². The van der Waals surface area contributed by atoms with E-state index in [2.05, 4.69) is 16.3 Å². The van der Waals surface area contributed by atoms with Crippen molar-refractivity contribution in [2.45, 2.75) is 63.1 Å². The number of fused-ring (bicyclic) bond motifs is 1. The molecule has 1 aliphatic heterocycles. The van der Waals surface area contributed by atoms with Crippen LogP contribution in [0.3, 0.4) is 0 Å². The predicted molar refractivity (Wildman–Crippen MR) is 75.1 cm³/mol. The molecule has 4 rings (SSSR count). The van der Waals surface area contributed by atoms with E-state index in [0.29, 0.717) is 6.04 Å². The fourth-order valence-electron chi connectivity index (χ4n) is 3.91. The quantitative estimate of drug-likeness (QED) is 0.902. The van der Waals surface area contributed by atoms with Gasteiger partial charge in [-0.25, -0.2) is 0 Å². The van der Waals surface area contributed by atoms with Crippen molar-refractivity contribution in [1.82, 2.24) is 10.2 Å². The van der Waals surface area contributed by atoms with Gasteiger partial charge in [0.15, 0.2) is 0 Å². The van der Waals surface area contributed by atoms with E-state index < -0.39 is 0 Å². The highest BCUT2D eigenvalue weighted by Gasteiger charge is 2.38. The van der Waals surface area contributed by atoms with Gasteiger partial charge in [0.1, 0.15) is 5.76 Å². The first-order chi connectivity index (χ1) is 9.42. The lowest BCUT2D eigenvalue weighted by Gasteiger charge is -2.36. The van der Waals surface area contributed by atoms with E-state index in [1.807, 2.05) is 6.26 Å². The molecule has 1 aromatic heterocycles. The van der Waals surface area contributed by atoms with Crippen LogP contribution >= 0.6 is 0 Å². The fourth-order valence-corrected chi connectivity index (χ4v) is 3.91. The number of aryl methyl sites for hydroxylation is 1. The zero-order chi connectivity index (χ0) is 12.7. The average molecular weight is 260 g/mol. The highest BCUT2D eigenvalue weighted by molar-refractivity contribution is 5.25. The Kier molecular flexibility index (Phi) is 3.12. The minimum absolute atomic E-state index is 0.623. The number of rotatable bonds is 4. The van der Waals surface area contributed by atoms with Crippen LogP contribution in [0.5, 0.6) is 0 Å². The summed E-state index contributed by atoms with van der Waals surface area (Å²) in [5, 5.41) is 3.66. The maximum Gasteiger partial charge on any atom is 0.108 e. The van der Waals surface area contributed by atoms with Gasteiger partial charge >= 0.3 is 0 Å². The molecule has 0 radical (unpaired) electrons. The lowest BCUT2D eigenvalue weighted by atomic mass is 9.91. The molecule has 0 spiro atoms. The molecule has 2 heterocycles. The van der Waals surface area contributed by atoms with E-state index in [9.17, 15) is 0 Å². The topological polar surface area (TPSA) is 28.4 Å². The number of hydrogen-bond acceptors (Lipinski definition) is 3. The molecule has 3 heteroatoms. The lowest BCUT2D eigenvalue weighted by Crippen LogP contribution is -2.41. The van der Waals surface area contributed by atoms with Gasteiger partial charge in [-0.05, 0) is 51.1 Å². The van der Waals surface area contributed by atoms with E-state index in [1.54, 1.807) is 0 Å². The van der Waals surface area contributed by atoms with Gasteiger partial charge in [-0.1, -0.05) is 0 Å². The standard InChI is InChI=1S/C16H24N2O/c1-4-15(14-8-10-19-16(14)5-1)18(13-6-7-13)11-12-3-2-9-17-12/h8,10,12-13,15,17H,1-7,9,11H2. The third-order valence-electron chi connectivity index (χ3n) is 5.03. The maximum atomic E-state index is 5.66. The fraction of sp³-hybridized carbons (Fsp3) is 0.750. The molecule has 19 heavy (non-hydrogen) atoms. The Morgan fingerprint density at radius 3 is 2.95 bits per heavy atom. The van der Waals surface area contributed by atoms with Gasteiger partial charge in [0.25, 0.3) is 0 Å². The summed E-state index contributed by atoms with van der Waals surface area (Å²) in [4.78, 5) is 2.79. The van der Waals surface area contributed by atoms with Gasteiger partial charge in [0, 0.05) is 36.7 Å². The molecule has 1 saturated heterocycles. The molecule has 1 saturated carbocycles. The van der Waals surface area contributed by atoms with E-state index >= 15 is 0 Å². The molecule has 2 aliphatic carbocycles. The third kappa shape index (κ3) is 2.34. The van der Waals surface area contributed by atoms with Crippen LogP contribution in [0.15, 0.2) is 16.7 Å². The summed E-state index contributed by atoms with van der Waals surface area (Å²) in [5.41, 5.74) is 1.48. The smallest absolute Gasteiger partial charge is 0.108 e. The van der Waals surface area contributed by atoms with Gasteiger partial charge < -0.3 is 9.73 Å². The third-order valence-corrected chi connectivity index (χ3v) is 5.03. The summed E-state index contributed by atoms with van der Waals surface area (Å²) >= 11 is 0. The number of nitrogens with one attached hydrogen (secondary N) is 1. The molecule has 0 aromatic carbocycles. The number of nitrogens with zero attached hydrogens (tertiary/aromatic N) is 1. The normalized spacial score (nSPS) is 30.8. The Balaban J connectivity index is 1.54. The minimum Gasteiger partial charge on any atom is -0.469 e. The van der Waals surface area contributed by atoms with Crippen molar-refractivity contribution in [3.63, 3.8) is 0 Å². The van der Waals surface area contributed by atoms with Crippen molar-refractivity contribution in [2.75, 3.05) is 13.1 Å². The van der Waals surface area contributed by atoms with E-state index in [4.69, 9.17) is 4.42 Å². The Hall–Kier alpha value is -0.800. The van der Waals surface area contributed by atoms with Gasteiger partial charge in [0.05, 0.1) is 6.26 Å². The number of hydrogen-bond donors (Lipinski definition) is 1. The van der Waals surface area contributed by atoms with Crippen LogP contribution in [-0.2, 0) is 6.42 Å². The molecule has 1 aromatic rings. The molecule has 0 bridgehead atoms. The molecular weight excluding hydrogens is 236 g/mol. The van der Waals surface area contributed by atoms with Crippen molar-refractivity contribution in [2.24, 2.45) is 0 Å². The second-order valence-electron chi connectivity index (χ2n) is 6.43. The van der Waals surface area contributed by atoms with Gasteiger partial charge in [-0.3, -0.25) is 4.90 Å². The van der Waals surface area contributed by atoms with Crippen molar-refractivity contribution < 1.29 is 4.42 Å².